The first-order valence-corrected chi connectivity index (χ1v) is 11.5. The van der Waals surface area contributed by atoms with Crippen LogP contribution in [0.25, 0.3) is 0 Å². The van der Waals surface area contributed by atoms with Crippen LogP contribution in [0.3, 0.4) is 0 Å². The monoisotopic (exact) mass is 473 g/mol. The van der Waals surface area contributed by atoms with Gasteiger partial charge in [-0.15, -0.1) is 0 Å². The molecule has 3 amide bonds. The van der Waals surface area contributed by atoms with Crippen LogP contribution < -0.4 is 15.5 Å². The highest BCUT2D eigenvalue weighted by Gasteiger charge is 2.48. The van der Waals surface area contributed by atoms with Gasteiger partial charge in [-0.3, -0.25) is 14.4 Å². The molecule has 1 aromatic heterocycles. The molecule has 176 valence electrons. The summed E-state index contributed by atoms with van der Waals surface area (Å²) >= 11 is 6.10. The molecule has 0 unspecified atom stereocenters. The Labute approximate surface area is 197 Å². The van der Waals surface area contributed by atoms with Crippen molar-refractivity contribution in [2.75, 3.05) is 31.7 Å². The maximum atomic E-state index is 13.3. The van der Waals surface area contributed by atoms with Crippen LogP contribution in [-0.4, -0.2) is 60.5 Å². The number of hydrogen-bond acceptors (Lipinski definition) is 5. The summed E-state index contributed by atoms with van der Waals surface area (Å²) in [6, 6.07) is 7.29. The second-order valence-corrected chi connectivity index (χ2v) is 9.03. The fraction of sp³-hybridized carbons (Fsp3) is 0.478. The van der Waals surface area contributed by atoms with Gasteiger partial charge in [0.05, 0.1) is 18.3 Å². The lowest BCUT2D eigenvalue weighted by Gasteiger charge is -2.36. The molecule has 0 bridgehead atoms. The van der Waals surface area contributed by atoms with E-state index in [-0.39, 0.29) is 28.8 Å². The standard InChI is InChI=1S/C23H28ClN5O4/c1-33-12-10-25-20(30)18-19(27-14-26-18)21(31)28-16-5-7-23(8-6-16)9-11-29(22(23)32)17-4-2-3-15(24)13-17/h2-4,13-14,16H,5-12H2,1H3,(H,25,30)(H,26,27)(H,28,31). The molecule has 1 aliphatic heterocycles. The zero-order valence-corrected chi connectivity index (χ0v) is 19.3. The average Bonchev–Trinajstić information content (AvgIpc) is 3.42. The number of nitrogens with zero attached hydrogens (tertiary/aromatic N) is 2. The average molecular weight is 474 g/mol. The van der Waals surface area contributed by atoms with Crippen molar-refractivity contribution in [3.63, 3.8) is 0 Å². The Morgan fingerprint density at radius 3 is 2.79 bits per heavy atom. The summed E-state index contributed by atoms with van der Waals surface area (Å²) in [4.78, 5) is 47.0. The molecule has 2 heterocycles. The van der Waals surface area contributed by atoms with Crippen LogP contribution in [-0.2, 0) is 9.53 Å². The van der Waals surface area contributed by atoms with E-state index in [0.29, 0.717) is 50.4 Å². The second kappa shape index (κ2) is 9.93. The Morgan fingerprint density at radius 1 is 1.27 bits per heavy atom. The predicted octanol–water partition coefficient (Wildman–Crippen LogP) is 2.54. The summed E-state index contributed by atoms with van der Waals surface area (Å²) < 4.78 is 4.92. The number of anilines is 1. The summed E-state index contributed by atoms with van der Waals surface area (Å²) in [7, 11) is 1.55. The zero-order chi connectivity index (χ0) is 23.4. The van der Waals surface area contributed by atoms with Crippen LogP contribution in [0.1, 0.15) is 53.1 Å². The maximum absolute atomic E-state index is 13.3. The molecule has 2 aromatic rings. The summed E-state index contributed by atoms with van der Waals surface area (Å²) in [5, 5.41) is 6.27. The van der Waals surface area contributed by atoms with E-state index in [4.69, 9.17) is 16.3 Å². The van der Waals surface area contributed by atoms with E-state index < -0.39 is 11.8 Å². The van der Waals surface area contributed by atoms with E-state index >= 15 is 0 Å². The van der Waals surface area contributed by atoms with Crippen LogP contribution >= 0.6 is 11.6 Å². The Balaban J connectivity index is 1.34. The summed E-state index contributed by atoms with van der Waals surface area (Å²) in [5.41, 5.74) is 0.630. The van der Waals surface area contributed by atoms with Gasteiger partial charge >= 0.3 is 0 Å². The number of methoxy groups -OCH3 is 1. The lowest BCUT2D eigenvalue weighted by molar-refractivity contribution is -0.127. The Bertz CT molecular complexity index is 1030. The molecule has 2 aliphatic rings. The van der Waals surface area contributed by atoms with E-state index in [1.807, 2.05) is 23.1 Å². The molecule has 33 heavy (non-hydrogen) atoms. The largest absolute Gasteiger partial charge is 0.383 e. The van der Waals surface area contributed by atoms with Crippen molar-refractivity contribution >= 4 is 35.0 Å². The number of aromatic amines is 1. The van der Waals surface area contributed by atoms with Gasteiger partial charge in [-0.2, -0.15) is 0 Å². The number of H-pyrrole nitrogens is 1. The van der Waals surface area contributed by atoms with Gasteiger partial charge < -0.3 is 25.3 Å². The normalized spacial score (nSPS) is 22.5. The minimum atomic E-state index is -0.407. The number of ether oxygens (including phenoxy) is 1. The molecule has 0 radical (unpaired) electrons. The first-order chi connectivity index (χ1) is 15.9. The Morgan fingerprint density at radius 2 is 2.06 bits per heavy atom. The molecule has 4 rings (SSSR count). The molecule has 1 aliphatic carbocycles. The smallest absolute Gasteiger partial charge is 0.272 e. The quantitative estimate of drug-likeness (QED) is 0.534. The van der Waals surface area contributed by atoms with E-state index in [1.54, 1.807) is 13.2 Å². The topological polar surface area (TPSA) is 116 Å². The zero-order valence-electron chi connectivity index (χ0n) is 18.5. The van der Waals surface area contributed by atoms with Crippen molar-refractivity contribution in [1.29, 1.82) is 0 Å². The molecule has 3 N–H and O–H groups in total. The number of hydrogen-bond donors (Lipinski definition) is 3. The van der Waals surface area contributed by atoms with Gasteiger partial charge in [0.25, 0.3) is 11.8 Å². The molecule has 9 nitrogen and oxygen atoms in total. The van der Waals surface area contributed by atoms with Crippen molar-refractivity contribution in [2.45, 2.75) is 38.1 Å². The summed E-state index contributed by atoms with van der Waals surface area (Å²) in [6.45, 7) is 1.38. The third-order valence-electron chi connectivity index (χ3n) is 6.58. The Kier molecular flexibility index (Phi) is 6.99. The minimum Gasteiger partial charge on any atom is -0.383 e. The number of amides is 3. The summed E-state index contributed by atoms with van der Waals surface area (Å²) in [6.07, 6.45) is 4.93. The second-order valence-electron chi connectivity index (χ2n) is 8.59. The number of imidazole rings is 1. The third-order valence-corrected chi connectivity index (χ3v) is 6.82. The van der Waals surface area contributed by atoms with Gasteiger partial charge in [0, 0.05) is 37.0 Å². The highest BCUT2D eigenvalue weighted by molar-refractivity contribution is 6.31. The lowest BCUT2D eigenvalue weighted by atomic mass is 9.71. The number of carbonyl (C=O) groups is 3. The molecule has 2 fully saturated rings. The molecule has 1 spiro atoms. The van der Waals surface area contributed by atoms with E-state index in [1.165, 1.54) is 6.33 Å². The van der Waals surface area contributed by atoms with Gasteiger partial charge in [-0.1, -0.05) is 17.7 Å². The number of nitrogens with one attached hydrogen (secondary N) is 3. The van der Waals surface area contributed by atoms with Gasteiger partial charge in [-0.05, 0) is 50.3 Å². The van der Waals surface area contributed by atoms with Crippen LogP contribution in [0.15, 0.2) is 30.6 Å². The maximum Gasteiger partial charge on any atom is 0.272 e. The molecular weight excluding hydrogens is 446 g/mol. The lowest BCUT2D eigenvalue weighted by Crippen LogP contribution is -2.44. The van der Waals surface area contributed by atoms with E-state index in [9.17, 15) is 14.4 Å². The highest BCUT2D eigenvalue weighted by Crippen LogP contribution is 2.46. The van der Waals surface area contributed by atoms with E-state index in [0.717, 1.165) is 12.1 Å². The molecule has 1 saturated carbocycles. The summed E-state index contributed by atoms with van der Waals surface area (Å²) in [5.74, 6) is -0.667. The van der Waals surface area contributed by atoms with Gasteiger partial charge in [-0.25, -0.2) is 4.98 Å². The van der Waals surface area contributed by atoms with Crippen molar-refractivity contribution in [3.05, 3.63) is 47.0 Å². The van der Waals surface area contributed by atoms with Crippen LogP contribution in [0, 0.1) is 5.41 Å². The number of carbonyl (C=O) groups excluding carboxylic acids is 3. The van der Waals surface area contributed by atoms with Gasteiger partial charge in [0.1, 0.15) is 5.69 Å². The fourth-order valence-electron chi connectivity index (χ4n) is 4.74. The van der Waals surface area contributed by atoms with Crippen LogP contribution in [0.2, 0.25) is 5.02 Å². The minimum absolute atomic E-state index is 0.0641. The molecular formula is C23H28ClN5O4. The van der Waals surface area contributed by atoms with Crippen molar-refractivity contribution < 1.29 is 19.1 Å². The number of aromatic nitrogens is 2. The van der Waals surface area contributed by atoms with Crippen molar-refractivity contribution in [3.8, 4) is 0 Å². The number of benzene rings is 1. The SMILES string of the molecule is COCCNC(=O)c1[nH]cnc1C(=O)NC1CCC2(CC1)CCN(c1cccc(Cl)c1)C2=O. The third kappa shape index (κ3) is 4.89. The predicted molar refractivity (Wildman–Crippen MR) is 123 cm³/mol. The molecule has 10 heteroatoms. The first-order valence-electron chi connectivity index (χ1n) is 11.1. The molecule has 0 atom stereocenters. The van der Waals surface area contributed by atoms with Gasteiger partial charge in [0.15, 0.2) is 5.69 Å². The number of rotatable bonds is 7. The van der Waals surface area contributed by atoms with Crippen LogP contribution in [0.5, 0.6) is 0 Å². The fourth-order valence-corrected chi connectivity index (χ4v) is 4.92. The number of halogens is 1. The Hall–Kier alpha value is -2.91. The molecule has 1 aromatic carbocycles. The van der Waals surface area contributed by atoms with E-state index in [2.05, 4.69) is 20.6 Å². The van der Waals surface area contributed by atoms with Crippen molar-refractivity contribution in [1.82, 2.24) is 20.6 Å². The van der Waals surface area contributed by atoms with Gasteiger partial charge in [0.2, 0.25) is 5.91 Å². The highest BCUT2D eigenvalue weighted by atomic mass is 35.5. The van der Waals surface area contributed by atoms with Crippen molar-refractivity contribution in [2.24, 2.45) is 5.41 Å². The van der Waals surface area contributed by atoms with Crippen LogP contribution in [0.4, 0.5) is 5.69 Å². The first kappa shape index (κ1) is 23.3. The molecule has 1 saturated heterocycles.